The highest BCUT2D eigenvalue weighted by Crippen LogP contribution is 2.46. The van der Waals surface area contributed by atoms with Gasteiger partial charge in [0.05, 0.1) is 46.2 Å². The highest BCUT2D eigenvalue weighted by atomic mass is 35.5. The number of rotatable bonds is 11. The van der Waals surface area contributed by atoms with Crippen LogP contribution in [0.3, 0.4) is 0 Å². The zero-order valence-electron chi connectivity index (χ0n) is 32.9. The van der Waals surface area contributed by atoms with E-state index in [-0.39, 0.29) is 17.5 Å². The standard InChI is InChI=1S/C44H48Cl2N6O4/c1-25-20-31(21-26(2)40(25)46)56-19-9-10-32-33-13-14-35(45)39(38-28(4)47-51(29(38)5)18-17-49-15-7-8-16-49)41(33)52-27(3)23-50(43(53)42(32)52)37-24-48(6)36-22-30(44(54)55)11-12-34(36)37/h11-14,20-22,24,27H,7-10,15-19,23H2,1-6H3,(H,54,55). The van der Waals surface area contributed by atoms with Crippen molar-refractivity contribution in [2.24, 2.45) is 7.05 Å². The number of aromatic carboxylic acids is 1. The molecule has 3 aromatic carbocycles. The monoisotopic (exact) mass is 794 g/mol. The molecular weight excluding hydrogens is 747 g/mol. The van der Waals surface area contributed by atoms with Crippen molar-refractivity contribution in [1.29, 1.82) is 0 Å². The third-order valence-electron chi connectivity index (χ3n) is 11.8. The Morgan fingerprint density at radius 3 is 2.39 bits per heavy atom. The van der Waals surface area contributed by atoms with Crippen molar-refractivity contribution in [3.8, 4) is 16.9 Å². The van der Waals surface area contributed by atoms with Gasteiger partial charge in [0.1, 0.15) is 11.4 Å². The molecule has 5 heterocycles. The lowest BCUT2D eigenvalue weighted by molar-refractivity contribution is 0.0696. The second kappa shape index (κ2) is 15.0. The zero-order chi connectivity index (χ0) is 39.6. The number of nitrogens with zero attached hydrogens (tertiary/aromatic N) is 6. The fourth-order valence-electron chi connectivity index (χ4n) is 9.03. The number of likely N-dealkylation sites (tertiary alicyclic amines) is 1. The molecule has 0 saturated carbocycles. The van der Waals surface area contributed by atoms with Crippen molar-refractivity contribution in [3.05, 3.63) is 98.0 Å². The number of aromatic nitrogens is 4. The summed E-state index contributed by atoms with van der Waals surface area (Å²) < 4.78 is 12.5. The van der Waals surface area contributed by atoms with Crippen LogP contribution in [0.5, 0.6) is 5.75 Å². The number of amides is 1. The number of halogens is 2. The highest BCUT2D eigenvalue weighted by Gasteiger charge is 2.38. The van der Waals surface area contributed by atoms with Crippen LogP contribution in [0.4, 0.5) is 5.69 Å². The van der Waals surface area contributed by atoms with Gasteiger partial charge in [-0.2, -0.15) is 5.10 Å². The van der Waals surface area contributed by atoms with Crippen molar-refractivity contribution in [2.45, 2.75) is 72.9 Å². The Kier molecular flexibility index (Phi) is 10.2. The van der Waals surface area contributed by atoms with Crippen LogP contribution in [0.2, 0.25) is 10.0 Å². The average Bonchev–Trinajstić information content (AvgIpc) is 3.94. The molecule has 0 aliphatic carbocycles. The molecule has 1 unspecified atom stereocenters. The molecule has 0 spiro atoms. The minimum absolute atomic E-state index is 0.106. The van der Waals surface area contributed by atoms with Crippen LogP contribution in [-0.4, -0.2) is 73.6 Å². The van der Waals surface area contributed by atoms with Gasteiger partial charge in [-0.05, 0) is 126 Å². The highest BCUT2D eigenvalue weighted by molar-refractivity contribution is 6.35. The Hall–Kier alpha value is -4.77. The van der Waals surface area contributed by atoms with Crippen molar-refractivity contribution < 1.29 is 19.4 Å². The third kappa shape index (κ3) is 6.55. The number of carbonyl (C=O) groups excluding carboxylic acids is 1. The van der Waals surface area contributed by atoms with Crippen molar-refractivity contribution >= 4 is 62.6 Å². The van der Waals surface area contributed by atoms with Crippen LogP contribution >= 0.6 is 23.2 Å². The molecule has 1 amide bonds. The molecule has 1 fully saturated rings. The summed E-state index contributed by atoms with van der Waals surface area (Å²) in [7, 11) is 1.88. The maximum atomic E-state index is 15.1. The first-order chi connectivity index (χ1) is 26.8. The van der Waals surface area contributed by atoms with Crippen molar-refractivity contribution in [3.63, 3.8) is 0 Å². The van der Waals surface area contributed by atoms with E-state index in [0.29, 0.717) is 36.7 Å². The van der Waals surface area contributed by atoms with E-state index in [1.165, 1.54) is 12.8 Å². The van der Waals surface area contributed by atoms with E-state index in [1.807, 2.05) is 54.8 Å². The molecule has 1 saturated heterocycles. The van der Waals surface area contributed by atoms with E-state index in [9.17, 15) is 9.90 Å². The van der Waals surface area contributed by atoms with E-state index < -0.39 is 5.97 Å². The van der Waals surface area contributed by atoms with Gasteiger partial charge in [-0.25, -0.2) is 4.79 Å². The molecule has 292 valence electrons. The molecule has 1 N–H and O–H groups in total. The van der Waals surface area contributed by atoms with Crippen LogP contribution in [0.15, 0.2) is 48.7 Å². The Morgan fingerprint density at radius 1 is 0.964 bits per heavy atom. The maximum Gasteiger partial charge on any atom is 0.335 e. The number of hydrogen-bond acceptors (Lipinski definition) is 5. The number of carbonyl (C=O) groups is 2. The number of carboxylic acids is 1. The molecule has 8 rings (SSSR count). The van der Waals surface area contributed by atoms with Crippen molar-refractivity contribution in [2.75, 3.05) is 37.7 Å². The molecule has 2 aliphatic rings. The predicted octanol–water partition coefficient (Wildman–Crippen LogP) is 9.56. The molecule has 56 heavy (non-hydrogen) atoms. The van der Waals surface area contributed by atoms with Crippen molar-refractivity contribution in [1.82, 2.24) is 23.8 Å². The largest absolute Gasteiger partial charge is 0.494 e. The summed E-state index contributed by atoms with van der Waals surface area (Å²) in [5.41, 5.74) is 10.1. The molecule has 0 bridgehead atoms. The number of anilines is 1. The lowest BCUT2D eigenvalue weighted by Gasteiger charge is -2.34. The SMILES string of the molecule is Cc1cc(OCCCc2c3n(c4c(-c5c(C)nn(CCN6CCCC6)c5C)c(Cl)ccc24)C(C)CN(c2cn(C)c4cc(C(=O)O)ccc24)C3=O)cc(C)c1Cl. The summed E-state index contributed by atoms with van der Waals surface area (Å²) in [6, 6.07) is 12.9. The van der Waals surface area contributed by atoms with Gasteiger partial charge < -0.3 is 28.8 Å². The summed E-state index contributed by atoms with van der Waals surface area (Å²) in [6.07, 6.45) is 5.69. The Bertz CT molecular complexity index is 2520. The fraction of sp³-hybridized carbons (Fsp3) is 0.386. The van der Waals surface area contributed by atoms with Gasteiger partial charge in [-0.1, -0.05) is 29.3 Å². The quantitative estimate of drug-likeness (QED) is 0.131. The second-order valence-electron chi connectivity index (χ2n) is 15.6. The normalized spacial score (nSPS) is 16.1. The number of aryl methyl sites for hydroxylation is 5. The summed E-state index contributed by atoms with van der Waals surface area (Å²) in [6.45, 7) is 15.2. The number of ether oxygens (including phenoxy) is 1. The molecule has 10 nitrogen and oxygen atoms in total. The van der Waals surface area contributed by atoms with E-state index in [1.54, 1.807) is 18.2 Å². The van der Waals surface area contributed by atoms with Crippen LogP contribution in [0.1, 0.15) is 81.2 Å². The zero-order valence-corrected chi connectivity index (χ0v) is 34.4. The van der Waals surface area contributed by atoms with E-state index in [0.717, 1.165) is 104 Å². The molecule has 6 aromatic rings. The summed E-state index contributed by atoms with van der Waals surface area (Å²) in [4.78, 5) is 31.3. The van der Waals surface area contributed by atoms with Crippen LogP contribution in [-0.2, 0) is 20.0 Å². The van der Waals surface area contributed by atoms with E-state index in [4.69, 9.17) is 33.0 Å². The maximum absolute atomic E-state index is 15.1. The minimum atomic E-state index is -0.992. The lowest BCUT2D eigenvalue weighted by atomic mass is 9.98. The molecule has 12 heteroatoms. The lowest BCUT2D eigenvalue weighted by Crippen LogP contribution is -2.42. The average molecular weight is 796 g/mol. The van der Waals surface area contributed by atoms with Gasteiger partial charge in [0.15, 0.2) is 0 Å². The summed E-state index contributed by atoms with van der Waals surface area (Å²) >= 11 is 13.7. The molecule has 0 radical (unpaired) electrons. The fourth-order valence-corrected chi connectivity index (χ4v) is 9.39. The summed E-state index contributed by atoms with van der Waals surface area (Å²) in [5.74, 6) is -0.326. The second-order valence-corrected chi connectivity index (χ2v) is 16.4. The van der Waals surface area contributed by atoms with Gasteiger partial charge in [0.25, 0.3) is 5.91 Å². The van der Waals surface area contributed by atoms with Crippen LogP contribution < -0.4 is 9.64 Å². The Morgan fingerprint density at radius 2 is 1.68 bits per heavy atom. The topological polar surface area (TPSA) is 97.8 Å². The summed E-state index contributed by atoms with van der Waals surface area (Å²) in [5, 5.41) is 17.9. The number of carboxylic acid groups (broad SMARTS) is 1. The first-order valence-electron chi connectivity index (χ1n) is 19.5. The number of fused-ring (bicyclic) bond motifs is 4. The first-order valence-corrected chi connectivity index (χ1v) is 20.2. The smallest absolute Gasteiger partial charge is 0.335 e. The van der Waals surface area contributed by atoms with Crippen LogP contribution in [0, 0.1) is 27.7 Å². The Labute approximate surface area is 337 Å². The molecule has 1 atom stereocenters. The predicted molar refractivity (Wildman–Crippen MR) is 224 cm³/mol. The van der Waals surface area contributed by atoms with Gasteiger partial charge in [0, 0.05) is 65.0 Å². The van der Waals surface area contributed by atoms with E-state index in [2.05, 4.69) is 41.0 Å². The molecular formula is C44H48Cl2N6O4. The van der Waals surface area contributed by atoms with Gasteiger partial charge in [0.2, 0.25) is 0 Å². The Balaban J connectivity index is 1.23. The number of benzene rings is 3. The van der Waals surface area contributed by atoms with Gasteiger partial charge in [-0.3, -0.25) is 9.48 Å². The third-order valence-corrected chi connectivity index (χ3v) is 12.7. The first kappa shape index (κ1) is 38.1. The van der Waals surface area contributed by atoms with Gasteiger partial charge in [-0.15, -0.1) is 0 Å². The molecule has 3 aromatic heterocycles. The number of hydrogen-bond donors (Lipinski definition) is 1. The molecule has 2 aliphatic heterocycles. The van der Waals surface area contributed by atoms with Gasteiger partial charge >= 0.3 is 5.97 Å². The van der Waals surface area contributed by atoms with Crippen LogP contribution in [0.25, 0.3) is 32.9 Å². The van der Waals surface area contributed by atoms with E-state index >= 15 is 4.79 Å². The minimum Gasteiger partial charge on any atom is -0.494 e.